The fourth-order valence-electron chi connectivity index (χ4n) is 5.01. The highest BCUT2D eigenvalue weighted by Gasteiger charge is 2.33. The van der Waals surface area contributed by atoms with Crippen molar-refractivity contribution in [3.05, 3.63) is 65.1 Å². The molecule has 0 unspecified atom stereocenters. The number of fused-ring (bicyclic) bond motifs is 1. The Morgan fingerprint density at radius 1 is 1.12 bits per heavy atom. The lowest BCUT2D eigenvalue weighted by Gasteiger charge is -2.41. The van der Waals surface area contributed by atoms with Crippen molar-refractivity contribution >= 4 is 22.5 Å². The number of piperidine rings is 1. The summed E-state index contributed by atoms with van der Waals surface area (Å²) in [5.74, 6) is 0.815. The van der Waals surface area contributed by atoms with Crippen LogP contribution < -0.4 is 4.74 Å². The van der Waals surface area contributed by atoms with Crippen LogP contribution in [0.15, 0.2) is 48.9 Å². The zero-order valence-corrected chi connectivity index (χ0v) is 20.2. The molecule has 33 heavy (non-hydrogen) atoms. The highest BCUT2D eigenvalue weighted by atomic mass is 35.5. The number of benzene rings is 1. The van der Waals surface area contributed by atoms with E-state index in [0.717, 1.165) is 86.8 Å². The molecule has 1 fully saturated rings. The van der Waals surface area contributed by atoms with Gasteiger partial charge in [-0.25, -0.2) is 0 Å². The van der Waals surface area contributed by atoms with E-state index < -0.39 is 0 Å². The Labute approximate surface area is 201 Å². The number of aryl methyl sites for hydroxylation is 2. The first-order valence-electron chi connectivity index (χ1n) is 12.0. The minimum absolute atomic E-state index is 0.0207. The van der Waals surface area contributed by atoms with Crippen molar-refractivity contribution in [3.63, 3.8) is 0 Å². The predicted molar refractivity (Wildman–Crippen MR) is 134 cm³/mol. The van der Waals surface area contributed by atoms with Gasteiger partial charge in [-0.1, -0.05) is 17.7 Å². The molecule has 1 saturated heterocycles. The van der Waals surface area contributed by atoms with E-state index in [2.05, 4.69) is 20.9 Å². The van der Waals surface area contributed by atoms with E-state index in [1.54, 1.807) is 13.3 Å². The summed E-state index contributed by atoms with van der Waals surface area (Å²) in [6, 6.07) is 10.1. The van der Waals surface area contributed by atoms with Gasteiger partial charge in [0.1, 0.15) is 5.75 Å². The van der Waals surface area contributed by atoms with E-state index in [1.807, 2.05) is 36.7 Å². The molecule has 4 rings (SSSR count). The molecule has 176 valence electrons. The number of rotatable bonds is 10. The summed E-state index contributed by atoms with van der Waals surface area (Å²) < 4.78 is 5.40. The zero-order valence-electron chi connectivity index (χ0n) is 19.5. The van der Waals surface area contributed by atoms with E-state index in [4.69, 9.17) is 16.3 Å². The number of aromatic nitrogens is 2. The number of pyridine rings is 2. The first-order valence-corrected chi connectivity index (χ1v) is 12.3. The van der Waals surface area contributed by atoms with Crippen LogP contribution in [0.25, 0.3) is 10.9 Å². The average molecular weight is 468 g/mol. The number of likely N-dealkylation sites (tertiary alicyclic amines) is 1. The van der Waals surface area contributed by atoms with Crippen molar-refractivity contribution in [2.45, 2.75) is 44.9 Å². The van der Waals surface area contributed by atoms with Gasteiger partial charge in [-0.05, 0) is 105 Å². The molecule has 0 amide bonds. The molecule has 0 bridgehead atoms. The second kappa shape index (κ2) is 11.3. The maximum Gasteiger partial charge on any atom is 0.119 e. The first-order chi connectivity index (χ1) is 16.1. The molecule has 0 spiro atoms. The van der Waals surface area contributed by atoms with Crippen LogP contribution in [0.3, 0.4) is 0 Å². The largest absolute Gasteiger partial charge is 0.497 e. The van der Waals surface area contributed by atoms with Crippen LogP contribution in [-0.2, 0) is 12.8 Å². The monoisotopic (exact) mass is 467 g/mol. The van der Waals surface area contributed by atoms with Crippen LogP contribution in [0.1, 0.15) is 43.2 Å². The second-order valence-corrected chi connectivity index (χ2v) is 9.69. The molecule has 0 saturated carbocycles. The van der Waals surface area contributed by atoms with Gasteiger partial charge in [-0.2, -0.15) is 0 Å². The third-order valence-corrected chi connectivity index (χ3v) is 7.51. The molecule has 2 aromatic heterocycles. The molecule has 5 nitrogen and oxygen atoms in total. The summed E-state index contributed by atoms with van der Waals surface area (Å²) in [4.78, 5) is 11.2. The Morgan fingerprint density at radius 3 is 2.70 bits per heavy atom. The first kappa shape index (κ1) is 23.9. The summed E-state index contributed by atoms with van der Waals surface area (Å²) >= 11 is 6.54. The molecule has 6 heteroatoms. The van der Waals surface area contributed by atoms with Gasteiger partial charge in [-0.15, -0.1) is 0 Å². The van der Waals surface area contributed by atoms with Crippen molar-refractivity contribution in [2.24, 2.45) is 5.41 Å². The third kappa shape index (κ3) is 6.03. The van der Waals surface area contributed by atoms with Crippen LogP contribution in [0.2, 0.25) is 5.02 Å². The average Bonchev–Trinajstić information content (AvgIpc) is 2.86. The zero-order chi connectivity index (χ0) is 23.1. The van der Waals surface area contributed by atoms with Crippen molar-refractivity contribution in [1.82, 2.24) is 14.9 Å². The highest BCUT2D eigenvalue weighted by Crippen LogP contribution is 2.37. The summed E-state index contributed by atoms with van der Waals surface area (Å²) in [6.45, 7) is 3.49. The van der Waals surface area contributed by atoms with E-state index in [0.29, 0.717) is 5.02 Å². The lowest BCUT2D eigenvalue weighted by atomic mass is 9.75. The SMILES string of the molecule is COc1ccc2ncc(Cl)c(CCCC3(CO)CCN(CCCc4cccnc4)CC3)c2c1. The third-order valence-electron chi connectivity index (χ3n) is 7.18. The van der Waals surface area contributed by atoms with Crippen LogP contribution >= 0.6 is 11.6 Å². The molecule has 3 aromatic rings. The van der Waals surface area contributed by atoms with Gasteiger partial charge in [0.15, 0.2) is 0 Å². The Hall–Kier alpha value is -2.21. The number of hydrogen-bond donors (Lipinski definition) is 1. The number of aliphatic hydroxyl groups excluding tert-OH is 1. The Bertz CT molecular complexity index is 1040. The summed E-state index contributed by atoms with van der Waals surface area (Å²) in [7, 11) is 1.68. The lowest BCUT2D eigenvalue weighted by Crippen LogP contribution is -2.42. The Morgan fingerprint density at radius 2 is 1.97 bits per heavy atom. The van der Waals surface area contributed by atoms with Crippen LogP contribution in [0, 0.1) is 5.41 Å². The standard InChI is InChI=1S/C27H34ClN3O2/c1-33-22-8-9-26-24(17-22)23(25(28)19-30-26)7-2-10-27(20-32)11-15-31(16-12-27)14-4-6-21-5-3-13-29-18-21/h3,5,8-9,13,17-19,32H,2,4,6-7,10-12,14-16,20H2,1H3. The molecule has 1 aliphatic rings. The molecule has 0 aliphatic carbocycles. The van der Waals surface area contributed by atoms with Crippen molar-refractivity contribution in [2.75, 3.05) is 33.4 Å². The predicted octanol–water partition coefficient (Wildman–Crippen LogP) is 5.32. The number of aliphatic hydroxyl groups is 1. The quantitative estimate of drug-likeness (QED) is 0.437. The minimum Gasteiger partial charge on any atom is -0.497 e. The van der Waals surface area contributed by atoms with Crippen LogP contribution in [0.4, 0.5) is 0 Å². The molecular formula is C27H34ClN3O2. The fraction of sp³-hybridized carbons (Fsp3) is 0.481. The summed E-state index contributed by atoms with van der Waals surface area (Å²) in [5, 5.41) is 12.0. The molecule has 0 atom stereocenters. The van der Waals surface area contributed by atoms with Gasteiger partial charge in [0.25, 0.3) is 0 Å². The molecule has 0 radical (unpaired) electrons. The van der Waals surface area contributed by atoms with Crippen molar-refractivity contribution in [3.8, 4) is 5.75 Å². The van der Waals surface area contributed by atoms with E-state index >= 15 is 0 Å². The lowest BCUT2D eigenvalue weighted by molar-refractivity contribution is 0.0353. The summed E-state index contributed by atoms with van der Waals surface area (Å²) in [5.41, 5.74) is 3.39. The number of halogens is 1. The number of ether oxygens (including phenoxy) is 1. The minimum atomic E-state index is 0.0207. The van der Waals surface area contributed by atoms with Crippen molar-refractivity contribution in [1.29, 1.82) is 0 Å². The normalized spacial score (nSPS) is 16.2. The van der Waals surface area contributed by atoms with Crippen LogP contribution in [0.5, 0.6) is 5.75 Å². The maximum absolute atomic E-state index is 10.3. The molecule has 3 heterocycles. The molecule has 1 aliphatic heterocycles. The smallest absolute Gasteiger partial charge is 0.119 e. The number of methoxy groups -OCH3 is 1. The van der Waals surface area contributed by atoms with E-state index in [1.165, 1.54) is 5.56 Å². The highest BCUT2D eigenvalue weighted by molar-refractivity contribution is 6.32. The van der Waals surface area contributed by atoms with Gasteiger partial charge in [0.05, 0.1) is 17.6 Å². The Balaban J connectivity index is 1.30. The maximum atomic E-state index is 10.3. The van der Waals surface area contributed by atoms with Gasteiger partial charge in [0.2, 0.25) is 0 Å². The van der Waals surface area contributed by atoms with Crippen LogP contribution in [-0.4, -0.2) is 53.3 Å². The second-order valence-electron chi connectivity index (χ2n) is 9.29. The number of hydrogen-bond acceptors (Lipinski definition) is 5. The molecule has 1 aromatic carbocycles. The topological polar surface area (TPSA) is 58.5 Å². The molecule has 1 N–H and O–H groups in total. The van der Waals surface area contributed by atoms with Gasteiger partial charge < -0.3 is 14.7 Å². The fourth-order valence-corrected chi connectivity index (χ4v) is 5.26. The van der Waals surface area contributed by atoms with Gasteiger partial charge in [-0.3, -0.25) is 9.97 Å². The number of nitrogens with zero attached hydrogens (tertiary/aromatic N) is 3. The van der Waals surface area contributed by atoms with E-state index in [9.17, 15) is 5.11 Å². The van der Waals surface area contributed by atoms with Gasteiger partial charge >= 0.3 is 0 Å². The molecular weight excluding hydrogens is 434 g/mol. The summed E-state index contributed by atoms with van der Waals surface area (Å²) in [6.07, 6.45) is 12.7. The van der Waals surface area contributed by atoms with Crippen molar-refractivity contribution < 1.29 is 9.84 Å². The van der Waals surface area contributed by atoms with Gasteiger partial charge in [0, 0.05) is 30.6 Å². The Kier molecular flexibility index (Phi) is 8.18. The van der Waals surface area contributed by atoms with E-state index in [-0.39, 0.29) is 12.0 Å².